The maximum Gasteiger partial charge on any atom is 0.522 e. The third kappa shape index (κ3) is 3.66. The molecule has 0 spiro atoms. The van der Waals surface area contributed by atoms with Crippen molar-refractivity contribution in [3.05, 3.63) is 0 Å². The van der Waals surface area contributed by atoms with E-state index in [1.807, 2.05) is 27.7 Å². The van der Waals surface area contributed by atoms with E-state index in [2.05, 4.69) is 0 Å². The van der Waals surface area contributed by atoms with Crippen molar-refractivity contribution in [3.8, 4) is 0 Å². The van der Waals surface area contributed by atoms with Gasteiger partial charge in [0.2, 0.25) is 0 Å². The second-order valence-corrected chi connectivity index (χ2v) is 5.57. The maximum absolute atomic E-state index is 9.85. The third-order valence-electron chi connectivity index (χ3n) is 1.83. The maximum atomic E-state index is 9.85. The van der Waals surface area contributed by atoms with Crippen LogP contribution in [0.25, 0.3) is 0 Å². The first kappa shape index (κ1) is 14.1. The zero-order valence-corrected chi connectivity index (χ0v) is 10.6. The van der Waals surface area contributed by atoms with Crippen LogP contribution >= 0.6 is 0 Å². The fraction of sp³-hybridized carbons (Fsp3) is 1.00. The molecule has 0 heterocycles. The monoisotopic (exact) mass is 219 g/mol. The van der Waals surface area contributed by atoms with Crippen molar-refractivity contribution in [1.29, 1.82) is 0 Å². The lowest BCUT2D eigenvalue weighted by Gasteiger charge is -2.31. The van der Waals surface area contributed by atoms with Gasteiger partial charge < -0.3 is 13.3 Å². The average Bonchev–Trinajstić information content (AvgIpc) is 2.17. The van der Waals surface area contributed by atoms with Gasteiger partial charge in [-0.05, 0) is 27.2 Å². The zero-order valence-electron chi connectivity index (χ0n) is 9.58. The van der Waals surface area contributed by atoms with Crippen LogP contribution in [0, 0.1) is 0 Å². The minimum atomic E-state index is -2.84. The first-order valence-corrected chi connectivity index (χ1v) is 7.06. The highest BCUT2D eigenvalue weighted by atomic mass is 28.4. The van der Waals surface area contributed by atoms with E-state index in [1.54, 1.807) is 0 Å². The number of nitrogens with zero attached hydrogens (tertiary/aromatic N) is 1. The van der Waals surface area contributed by atoms with Crippen LogP contribution in [0.5, 0.6) is 0 Å². The summed E-state index contributed by atoms with van der Waals surface area (Å²) in [7, 11) is -2.84. The van der Waals surface area contributed by atoms with Crippen LogP contribution < -0.4 is 5.73 Å². The van der Waals surface area contributed by atoms with Crippen molar-refractivity contribution in [1.82, 2.24) is 5.73 Å². The van der Waals surface area contributed by atoms with Gasteiger partial charge in [0.15, 0.2) is 0 Å². The lowest BCUT2D eigenvalue weighted by atomic mass is 10.5. The van der Waals surface area contributed by atoms with Gasteiger partial charge in [0.1, 0.15) is 5.67 Å². The van der Waals surface area contributed by atoms with Crippen molar-refractivity contribution < 1.29 is 13.3 Å². The van der Waals surface area contributed by atoms with E-state index in [0.29, 0.717) is 26.2 Å². The Hall–Kier alpha value is 0.0569. The second kappa shape index (κ2) is 7.36. The lowest BCUT2D eigenvalue weighted by molar-refractivity contribution is 0.0610. The summed E-state index contributed by atoms with van der Waals surface area (Å²) in [6, 6.07) is 0. The predicted molar refractivity (Wildman–Crippen MR) is 56.8 cm³/mol. The Morgan fingerprint density at radius 3 is 1.50 bits per heavy atom. The topological polar surface area (TPSA) is 50.0 Å². The third-order valence-corrected chi connectivity index (χ3v) is 5.13. The van der Waals surface area contributed by atoms with E-state index in [1.165, 1.54) is 0 Å². The van der Waals surface area contributed by atoms with Gasteiger partial charge in [-0.25, -0.2) is 0 Å². The van der Waals surface area contributed by atoms with E-state index in [9.17, 15) is 5.73 Å². The molecule has 14 heavy (non-hydrogen) atoms. The van der Waals surface area contributed by atoms with E-state index in [4.69, 9.17) is 13.3 Å². The molecule has 0 aliphatic carbocycles. The standard InChI is InChI=1S/C9H21NO3Si/c1-5-9(10)14(11-6-2,12-7-3)13-8-4/h9H,5-8H2,1-4H3. The summed E-state index contributed by atoms with van der Waals surface area (Å²) in [5, 5.41) is 0. The fourth-order valence-electron chi connectivity index (χ4n) is 1.27. The molecule has 0 aliphatic heterocycles. The van der Waals surface area contributed by atoms with Gasteiger partial charge in [-0.1, -0.05) is 6.92 Å². The molecule has 0 aromatic heterocycles. The summed E-state index contributed by atoms with van der Waals surface area (Å²) in [5.41, 5.74) is 9.23. The number of hydrogen-bond acceptors (Lipinski definition) is 3. The Kier molecular flexibility index (Phi) is 7.39. The Labute approximate surface area is 88.1 Å². The minimum Gasteiger partial charge on any atom is -0.373 e. The van der Waals surface area contributed by atoms with E-state index in [0.717, 1.165) is 0 Å². The summed E-state index contributed by atoms with van der Waals surface area (Å²) < 4.78 is 16.5. The molecule has 0 rings (SSSR count). The smallest absolute Gasteiger partial charge is 0.373 e. The largest absolute Gasteiger partial charge is 0.522 e. The van der Waals surface area contributed by atoms with Crippen LogP contribution in [0.1, 0.15) is 34.1 Å². The summed E-state index contributed by atoms with van der Waals surface area (Å²) in [5.74, 6) is 0. The van der Waals surface area contributed by atoms with Gasteiger partial charge in [0.25, 0.3) is 0 Å². The Morgan fingerprint density at radius 2 is 1.29 bits per heavy atom. The van der Waals surface area contributed by atoms with Gasteiger partial charge in [0.05, 0.1) is 0 Å². The van der Waals surface area contributed by atoms with Crippen molar-refractivity contribution in [2.45, 2.75) is 39.8 Å². The predicted octanol–water partition coefficient (Wildman–Crippen LogP) is 1.42. The van der Waals surface area contributed by atoms with Crippen LogP contribution in [-0.2, 0) is 13.3 Å². The molecule has 0 saturated heterocycles. The molecule has 0 aliphatic rings. The van der Waals surface area contributed by atoms with Crippen LogP contribution in [0.3, 0.4) is 0 Å². The molecule has 0 amide bonds. The Morgan fingerprint density at radius 1 is 0.929 bits per heavy atom. The molecule has 1 atom stereocenters. The first-order chi connectivity index (χ1) is 6.66. The zero-order chi connectivity index (χ0) is 11.0. The molecule has 0 N–H and O–H groups in total. The van der Waals surface area contributed by atoms with Crippen LogP contribution in [0.4, 0.5) is 0 Å². The van der Waals surface area contributed by atoms with Crippen molar-refractivity contribution in [2.75, 3.05) is 19.8 Å². The highest BCUT2D eigenvalue weighted by molar-refractivity contribution is 6.62. The summed E-state index contributed by atoms with van der Waals surface area (Å²) in [6.45, 7) is 9.03. The molecule has 5 heteroatoms. The van der Waals surface area contributed by atoms with Gasteiger partial charge in [0, 0.05) is 19.8 Å². The van der Waals surface area contributed by atoms with Crippen molar-refractivity contribution in [3.63, 3.8) is 0 Å². The highest BCUT2D eigenvalue weighted by Crippen LogP contribution is 2.16. The Bertz CT molecular complexity index is 129. The van der Waals surface area contributed by atoms with Crippen LogP contribution in [-0.4, -0.2) is 34.3 Å². The van der Waals surface area contributed by atoms with E-state index in [-0.39, 0.29) is 0 Å². The Balaban J connectivity index is 4.53. The minimum absolute atomic E-state index is 0.503. The normalized spacial score (nSPS) is 14.4. The average molecular weight is 219 g/mol. The molecule has 4 nitrogen and oxygen atoms in total. The number of rotatable bonds is 8. The second-order valence-electron chi connectivity index (χ2n) is 2.83. The molecule has 2 radical (unpaired) electrons. The van der Waals surface area contributed by atoms with Crippen molar-refractivity contribution >= 4 is 8.80 Å². The fourth-order valence-corrected chi connectivity index (χ4v) is 3.80. The van der Waals surface area contributed by atoms with E-state index < -0.39 is 14.5 Å². The SMILES string of the molecule is CCO[Si](OCC)(OCC)C([N])CC. The quantitative estimate of drug-likeness (QED) is 0.580. The molecule has 0 aromatic rings. The van der Waals surface area contributed by atoms with Crippen molar-refractivity contribution in [2.24, 2.45) is 0 Å². The molecule has 84 valence electrons. The first-order valence-electron chi connectivity index (χ1n) is 5.26. The van der Waals surface area contributed by atoms with Crippen LogP contribution in [0.15, 0.2) is 0 Å². The van der Waals surface area contributed by atoms with E-state index >= 15 is 0 Å². The summed E-state index contributed by atoms with van der Waals surface area (Å²) >= 11 is 0. The van der Waals surface area contributed by atoms with Gasteiger partial charge in [-0.3, -0.25) is 0 Å². The van der Waals surface area contributed by atoms with Crippen LogP contribution in [0.2, 0.25) is 0 Å². The lowest BCUT2D eigenvalue weighted by Crippen LogP contribution is -2.57. The number of hydrogen-bond donors (Lipinski definition) is 0. The highest BCUT2D eigenvalue weighted by Gasteiger charge is 2.47. The summed E-state index contributed by atoms with van der Waals surface area (Å²) in [4.78, 5) is 0. The molecule has 1 unspecified atom stereocenters. The van der Waals surface area contributed by atoms with Gasteiger partial charge in [-0.15, -0.1) is 5.73 Å². The summed E-state index contributed by atoms with van der Waals surface area (Å²) in [6.07, 6.45) is 0.590. The molecular weight excluding hydrogens is 198 g/mol. The molecule has 0 saturated carbocycles. The molecule has 0 aromatic carbocycles. The van der Waals surface area contributed by atoms with Gasteiger partial charge >= 0.3 is 8.80 Å². The van der Waals surface area contributed by atoms with Gasteiger partial charge in [-0.2, -0.15) is 0 Å². The molecule has 0 bridgehead atoms. The molecule has 0 fully saturated rings. The molecular formula is C9H21NO3Si.